The van der Waals surface area contributed by atoms with E-state index in [1.54, 1.807) is 37.3 Å². The van der Waals surface area contributed by atoms with Gasteiger partial charge >= 0.3 is 0 Å². The van der Waals surface area contributed by atoms with Gasteiger partial charge in [0.25, 0.3) is 5.56 Å². The summed E-state index contributed by atoms with van der Waals surface area (Å²) in [6, 6.07) is 12.1. The van der Waals surface area contributed by atoms with E-state index in [0.717, 1.165) is 6.42 Å². The van der Waals surface area contributed by atoms with E-state index >= 15 is 0 Å². The highest BCUT2D eigenvalue weighted by Crippen LogP contribution is 2.22. The van der Waals surface area contributed by atoms with E-state index in [1.165, 1.54) is 17.0 Å². The smallest absolute Gasteiger partial charge is 0.282 e. The van der Waals surface area contributed by atoms with E-state index in [9.17, 15) is 9.90 Å². The molecule has 0 saturated heterocycles. The van der Waals surface area contributed by atoms with Crippen molar-refractivity contribution in [2.45, 2.75) is 20.3 Å². The van der Waals surface area contributed by atoms with E-state index < -0.39 is 0 Å². The maximum Gasteiger partial charge on any atom is 0.282 e. The molecule has 0 atom stereocenters. The van der Waals surface area contributed by atoms with E-state index in [-0.39, 0.29) is 11.3 Å². The Labute approximate surface area is 145 Å². The number of benzene rings is 2. The van der Waals surface area contributed by atoms with E-state index in [0.29, 0.717) is 34.6 Å². The highest BCUT2D eigenvalue weighted by atomic mass is 16.5. The van der Waals surface area contributed by atoms with Crippen molar-refractivity contribution in [3.05, 3.63) is 64.2 Å². The van der Waals surface area contributed by atoms with Gasteiger partial charge < -0.3 is 9.84 Å². The quantitative estimate of drug-likeness (QED) is 0.726. The Kier molecular flexibility index (Phi) is 4.79. The van der Waals surface area contributed by atoms with Crippen molar-refractivity contribution in [3.63, 3.8) is 0 Å². The van der Waals surface area contributed by atoms with Gasteiger partial charge in [0.1, 0.15) is 17.3 Å². The van der Waals surface area contributed by atoms with Gasteiger partial charge in [0, 0.05) is 11.6 Å². The topological polar surface area (TPSA) is 76.7 Å². The second-order valence-corrected chi connectivity index (χ2v) is 5.61. The molecule has 2 aromatic carbocycles. The summed E-state index contributed by atoms with van der Waals surface area (Å²) in [6.07, 6.45) is 2.32. The monoisotopic (exact) mass is 337 g/mol. The SMILES string of the molecule is CCCOc1ccc(/C=N/n2c(C)nc3ccccc3c2=O)c(O)c1. The minimum atomic E-state index is -0.248. The zero-order chi connectivity index (χ0) is 17.8. The fourth-order valence-electron chi connectivity index (χ4n) is 2.43. The Hall–Kier alpha value is -3.15. The molecule has 0 fully saturated rings. The molecule has 0 aliphatic heterocycles. The molecular weight excluding hydrogens is 318 g/mol. The number of hydrogen-bond donors (Lipinski definition) is 1. The van der Waals surface area contributed by atoms with Crippen molar-refractivity contribution >= 4 is 17.1 Å². The maximum atomic E-state index is 12.6. The van der Waals surface area contributed by atoms with Gasteiger partial charge in [-0.05, 0) is 37.6 Å². The van der Waals surface area contributed by atoms with Crippen LogP contribution in [0.3, 0.4) is 0 Å². The van der Waals surface area contributed by atoms with Crippen LogP contribution in [-0.4, -0.2) is 27.6 Å². The van der Waals surface area contributed by atoms with Crippen LogP contribution in [0.25, 0.3) is 10.9 Å². The predicted octanol–water partition coefficient (Wildman–Crippen LogP) is 3.08. The average Bonchev–Trinajstić information content (AvgIpc) is 2.61. The molecule has 0 spiro atoms. The first-order valence-corrected chi connectivity index (χ1v) is 8.08. The molecule has 1 aromatic heterocycles. The molecule has 3 rings (SSSR count). The Bertz CT molecular complexity index is 993. The second kappa shape index (κ2) is 7.17. The number of aryl methyl sites for hydroxylation is 1. The highest BCUT2D eigenvalue weighted by Gasteiger charge is 2.07. The molecule has 1 heterocycles. The number of rotatable bonds is 5. The molecule has 1 N–H and O–H groups in total. The molecule has 0 unspecified atom stereocenters. The molecule has 0 amide bonds. The lowest BCUT2D eigenvalue weighted by atomic mass is 10.2. The van der Waals surface area contributed by atoms with E-state index in [1.807, 2.05) is 13.0 Å². The Morgan fingerprint density at radius 1 is 1.28 bits per heavy atom. The number of fused-ring (bicyclic) bond motifs is 1. The van der Waals surface area contributed by atoms with E-state index in [4.69, 9.17) is 4.74 Å². The van der Waals surface area contributed by atoms with Crippen LogP contribution in [0.2, 0.25) is 0 Å². The van der Waals surface area contributed by atoms with Crippen molar-refractivity contribution < 1.29 is 9.84 Å². The molecule has 0 saturated carbocycles. The van der Waals surface area contributed by atoms with E-state index in [2.05, 4.69) is 10.1 Å². The lowest BCUT2D eigenvalue weighted by molar-refractivity contribution is 0.315. The zero-order valence-corrected chi connectivity index (χ0v) is 14.1. The van der Waals surface area contributed by atoms with Crippen LogP contribution in [0.1, 0.15) is 24.7 Å². The Morgan fingerprint density at radius 2 is 2.08 bits per heavy atom. The molecule has 6 nitrogen and oxygen atoms in total. The largest absolute Gasteiger partial charge is 0.507 e. The van der Waals surface area contributed by atoms with Gasteiger partial charge in [-0.1, -0.05) is 19.1 Å². The van der Waals surface area contributed by atoms with Gasteiger partial charge in [-0.3, -0.25) is 4.79 Å². The maximum absolute atomic E-state index is 12.6. The van der Waals surface area contributed by atoms with Gasteiger partial charge in [-0.2, -0.15) is 9.78 Å². The zero-order valence-electron chi connectivity index (χ0n) is 14.1. The summed E-state index contributed by atoms with van der Waals surface area (Å²) >= 11 is 0. The summed E-state index contributed by atoms with van der Waals surface area (Å²) in [5.41, 5.74) is 0.877. The second-order valence-electron chi connectivity index (χ2n) is 5.61. The first-order chi connectivity index (χ1) is 12.1. The molecule has 0 radical (unpaired) electrons. The first kappa shape index (κ1) is 16.7. The molecule has 0 aliphatic rings. The fourth-order valence-corrected chi connectivity index (χ4v) is 2.43. The van der Waals surface area contributed by atoms with Crippen LogP contribution >= 0.6 is 0 Å². The molecule has 0 aliphatic carbocycles. The van der Waals surface area contributed by atoms with Gasteiger partial charge in [0.05, 0.1) is 23.7 Å². The number of para-hydroxylation sites is 1. The van der Waals surface area contributed by atoms with Gasteiger partial charge in [-0.25, -0.2) is 4.98 Å². The molecule has 0 bridgehead atoms. The molecule has 3 aromatic rings. The number of nitrogens with zero attached hydrogens (tertiary/aromatic N) is 3. The third-order valence-electron chi connectivity index (χ3n) is 3.70. The molecular formula is C19H19N3O3. The lowest BCUT2D eigenvalue weighted by Gasteiger charge is -2.07. The number of aromatic nitrogens is 2. The fraction of sp³-hybridized carbons (Fsp3) is 0.211. The number of aromatic hydroxyl groups is 1. The van der Waals surface area contributed by atoms with Crippen LogP contribution < -0.4 is 10.3 Å². The standard InChI is InChI=1S/C19H19N3O3/c1-3-10-25-15-9-8-14(18(23)11-15)12-20-22-13(2)21-17-7-5-4-6-16(17)19(22)24/h4-9,11-12,23H,3,10H2,1-2H3/b20-12+. The summed E-state index contributed by atoms with van der Waals surface area (Å²) in [5.74, 6) is 1.11. The summed E-state index contributed by atoms with van der Waals surface area (Å²) in [5, 5.41) is 14.8. The number of phenols is 1. The Balaban J connectivity index is 1.95. The lowest BCUT2D eigenvalue weighted by Crippen LogP contribution is -2.20. The number of hydrogen-bond acceptors (Lipinski definition) is 5. The molecule has 6 heteroatoms. The van der Waals surface area contributed by atoms with Gasteiger partial charge in [0.2, 0.25) is 0 Å². The van der Waals surface area contributed by atoms with Crippen LogP contribution in [0.15, 0.2) is 52.4 Å². The predicted molar refractivity (Wildman–Crippen MR) is 97.6 cm³/mol. The van der Waals surface area contributed by atoms with Crippen molar-refractivity contribution in [1.82, 2.24) is 9.66 Å². The average molecular weight is 337 g/mol. The Morgan fingerprint density at radius 3 is 2.84 bits per heavy atom. The summed E-state index contributed by atoms with van der Waals surface area (Å²) in [6.45, 7) is 4.31. The van der Waals surface area contributed by atoms with Gasteiger partial charge in [0.15, 0.2) is 0 Å². The number of ether oxygens (including phenoxy) is 1. The molecule has 25 heavy (non-hydrogen) atoms. The minimum Gasteiger partial charge on any atom is -0.507 e. The van der Waals surface area contributed by atoms with Crippen molar-refractivity contribution in [1.29, 1.82) is 0 Å². The highest BCUT2D eigenvalue weighted by molar-refractivity contribution is 5.84. The third kappa shape index (κ3) is 3.52. The number of phenolic OH excluding ortho intramolecular Hbond substituents is 1. The van der Waals surface area contributed by atoms with Crippen LogP contribution in [0, 0.1) is 6.92 Å². The normalized spacial score (nSPS) is 11.3. The van der Waals surface area contributed by atoms with Crippen LogP contribution in [0.5, 0.6) is 11.5 Å². The first-order valence-electron chi connectivity index (χ1n) is 8.08. The molecule has 128 valence electrons. The van der Waals surface area contributed by atoms with Crippen LogP contribution in [-0.2, 0) is 0 Å². The van der Waals surface area contributed by atoms with Gasteiger partial charge in [-0.15, -0.1) is 0 Å². The van der Waals surface area contributed by atoms with Crippen LogP contribution in [0.4, 0.5) is 0 Å². The summed E-state index contributed by atoms with van der Waals surface area (Å²) in [7, 11) is 0. The summed E-state index contributed by atoms with van der Waals surface area (Å²) in [4.78, 5) is 16.9. The summed E-state index contributed by atoms with van der Waals surface area (Å²) < 4.78 is 6.70. The van der Waals surface area contributed by atoms with Crippen molar-refractivity contribution in [2.24, 2.45) is 5.10 Å². The van der Waals surface area contributed by atoms with Crippen molar-refractivity contribution in [2.75, 3.05) is 6.61 Å². The van der Waals surface area contributed by atoms with Crippen molar-refractivity contribution in [3.8, 4) is 11.5 Å². The third-order valence-corrected chi connectivity index (χ3v) is 3.70. The minimum absolute atomic E-state index is 0.0387.